The van der Waals surface area contributed by atoms with Crippen LogP contribution in [0, 0.1) is 0 Å². The number of hydrogen-bond acceptors (Lipinski definition) is 4. The second kappa shape index (κ2) is 3.43. The number of nitrogens with zero attached hydrogens (tertiary/aromatic N) is 3. The minimum absolute atomic E-state index is 0.100. The van der Waals surface area contributed by atoms with Gasteiger partial charge < -0.3 is 5.73 Å². The number of aromatic nitrogens is 3. The van der Waals surface area contributed by atoms with Gasteiger partial charge in [-0.25, -0.2) is 4.98 Å². The maximum Gasteiger partial charge on any atom is 0.223 e. The van der Waals surface area contributed by atoms with Gasteiger partial charge in [0.2, 0.25) is 5.95 Å². The predicted molar refractivity (Wildman–Crippen MR) is 61.6 cm³/mol. The quantitative estimate of drug-likeness (QED) is 0.708. The fourth-order valence-electron chi connectivity index (χ4n) is 1.06. The first kappa shape index (κ1) is 11.9. The van der Waals surface area contributed by atoms with Crippen molar-refractivity contribution >= 4 is 5.95 Å². The summed E-state index contributed by atoms with van der Waals surface area (Å²) in [5.74, 6) is 1.81. The second-order valence-electron chi connectivity index (χ2n) is 5.84. The summed E-state index contributed by atoms with van der Waals surface area (Å²) < 4.78 is 0. The van der Waals surface area contributed by atoms with Crippen molar-refractivity contribution in [1.29, 1.82) is 0 Å². The van der Waals surface area contributed by atoms with Crippen LogP contribution in [-0.2, 0) is 10.8 Å². The van der Waals surface area contributed by atoms with Crippen LogP contribution in [0.1, 0.15) is 53.2 Å². The first-order valence-electron chi connectivity index (χ1n) is 5.13. The Hall–Kier alpha value is -1.19. The van der Waals surface area contributed by atoms with Crippen molar-refractivity contribution in [3.63, 3.8) is 0 Å². The molecule has 0 radical (unpaired) electrons. The third-order valence-corrected chi connectivity index (χ3v) is 1.99. The summed E-state index contributed by atoms with van der Waals surface area (Å²) in [6.07, 6.45) is 0. The zero-order chi connectivity index (χ0) is 11.9. The van der Waals surface area contributed by atoms with E-state index < -0.39 is 0 Å². The van der Waals surface area contributed by atoms with Gasteiger partial charge in [0, 0.05) is 10.8 Å². The molecule has 2 N–H and O–H groups in total. The van der Waals surface area contributed by atoms with Crippen molar-refractivity contribution < 1.29 is 0 Å². The van der Waals surface area contributed by atoms with Gasteiger partial charge in [-0.2, -0.15) is 9.97 Å². The average molecular weight is 208 g/mol. The van der Waals surface area contributed by atoms with Gasteiger partial charge >= 0.3 is 0 Å². The number of anilines is 1. The van der Waals surface area contributed by atoms with Gasteiger partial charge in [-0.15, -0.1) is 0 Å². The fourth-order valence-corrected chi connectivity index (χ4v) is 1.06. The van der Waals surface area contributed by atoms with Crippen LogP contribution in [0.25, 0.3) is 0 Å². The smallest absolute Gasteiger partial charge is 0.223 e. The van der Waals surface area contributed by atoms with Crippen LogP contribution in [0.4, 0.5) is 5.95 Å². The Balaban J connectivity index is 3.30. The molecule has 84 valence electrons. The standard InChI is InChI=1S/C11H20N4/c1-10(2,3)7-13-8(11(4,5)6)15-9(12)14-7/h1-6H3,(H2,12,13,14,15). The van der Waals surface area contributed by atoms with Crippen molar-refractivity contribution in [2.75, 3.05) is 5.73 Å². The molecule has 0 aliphatic carbocycles. The van der Waals surface area contributed by atoms with E-state index in [0.717, 1.165) is 11.6 Å². The molecule has 4 heteroatoms. The highest BCUT2D eigenvalue weighted by Crippen LogP contribution is 2.23. The number of nitrogens with two attached hydrogens (primary N) is 1. The SMILES string of the molecule is CC(C)(C)c1nc(N)nc(C(C)(C)C)n1. The van der Waals surface area contributed by atoms with Crippen molar-refractivity contribution in [2.24, 2.45) is 0 Å². The molecule has 1 rings (SSSR count). The van der Waals surface area contributed by atoms with Gasteiger partial charge in [-0.3, -0.25) is 0 Å². The topological polar surface area (TPSA) is 64.7 Å². The molecule has 0 saturated heterocycles. The molecule has 0 unspecified atom stereocenters. The van der Waals surface area contributed by atoms with Gasteiger partial charge in [0.1, 0.15) is 11.6 Å². The number of rotatable bonds is 0. The summed E-state index contributed by atoms with van der Waals surface area (Å²) in [7, 11) is 0. The molecule has 0 saturated carbocycles. The van der Waals surface area contributed by atoms with E-state index in [0.29, 0.717) is 5.95 Å². The first-order chi connectivity index (χ1) is 6.60. The molecule has 0 amide bonds. The van der Waals surface area contributed by atoms with E-state index in [1.54, 1.807) is 0 Å². The number of hydrogen-bond donors (Lipinski definition) is 1. The van der Waals surface area contributed by atoms with E-state index in [1.165, 1.54) is 0 Å². The molecule has 0 atom stereocenters. The van der Waals surface area contributed by atoms with Gasteiger partial charge in [0.15, 0.2) is 0 Å². The monoisotopic (exact) mass is 208 g/mol. The van der Waals surface area contributed by atoms with Crippen molar-refractivity contribution in [3.8, 4) is 0 Å². The molecule has 0 fully saturated rings. The highest BCUT2D eigenvalue weighted by molar-refractivity contribution is 5.21. The van der Waals surface area contributed by atoms with Gasteiger partial charge in [0.05, 0.1) is 0 Å². The van der Waals surface area contributed by atoms with Crippen LogP contribution in [-0.4, -0.2) is 15.0 Å². The third-order valence-electron chi connectivity index (χ3n) is 1.99. The Morgan fingerprint density at radius 1 is 0.733 bits per heavy atom. The molecule has 0 aromatic carbocycles. The van der Waals surface area contributed by atoms with Crippen LogP contribution in [0.3, 0.4) is 0 Å². The highest BCUT2D eigenvalue weighted by Gasteiger charge is 2.24. The molecule has 4 nitrogen and oxygen atoms in total. The Morgan fingerprint density at radius 2 is 1.07 bits per heavy atom. The van der Waals surface area contributed by atoms with Crippen LogP contribution >= 0.6 is 0 Å². The Kier molecular flexibility index (Phi) is 2.72. The first-order valence-corrected chi connectivity index (χ1v) is 5.13. The van der Waals surface area contributed by atoms with Gasteiger partial charge in [-0.05, 0) is 0 Å². The maximum absolute atomic E-state index is 5.69. The summed E-state index contributed by atoms with van der Waals surface area (Å²) in [5.41, 5.74) is 5.49. The molecule has 0 aliphatic heterocycles. The molecule has 0 spiro atoms. The Bertz CT molecular complexity index is 326. The normalized spacial score (nSPS) is 12.9. The molecule has 1 aromatic rings. The lowest BCUT2D eigenvalue weighted by molar-refractivity contribution is 0.498. The maximum atomic E-state index is 5.69. The number of nitrogen functional groups attached to an aromatic ring is 1. The van der Waals surface area contributed by atoms with Crippen molar-refractivity contribution in [1.82, 2.24) is 15.0 Å². The van der Waals surface area contributed by atoms with Gasteiger partial charge in [0.25, 0.3) is 0 Å². The van der Waals surface area contributed by atoms with Crippen LogP contribution in [0.5, 0.6) is 0 Å². The third kappa shape index (κ3) is 2.88. The summed E-state index contributed by atoms with van der Waals surface area (Å²) in [5, 5.41) is 0. The minimum atomic E-state index is -0.100. The van der Waals surface area contributed by atoms with Crippen molar-refractivity contribution in [3.05, 3.63) is 11.6 Å². The Morgan fingerprint density at radius 3 is 1.33 bits per heavy atom. The van der Waals surface area contributed by atoms with E-state index in [4.69, 9.17) is 5.73 Å². The van der Waals surface area contributed by atoms with E-state index in [2.05, 4.69) is 56.5 Å². The summed E-state index contributed by atoms with van der Waals surface area (Å²) >= 11 is 0. The molecule has 1 aromatic heterocycles. The lowest BCUT2D eigenvalue weighted by atomic mass is 9.93. The molecular weight excluding hydrogens is 188 g/mol. The van der Waals surface area contributed by atoms with Crippen molar-refractivity contribution in [2.45, 2.75) is 52.4 Å². The lowest BCUT2D eigenvalue weighted by Gasteiger charge is -2.21. The lowest BCUT2D eigenvalue weighted by Crippen LogP contribution is -2.24. The highest BCUT2D eigenvalue weighted by atomic mass is 15.1. The van der Waals surface area contributed by atoms with E-state index in [1.807, 2.05) is 0 Å². The van der Waals surface area contributed by atoms with E-state index >= 15 is 0 Å². The van der Waals surface area contributed by atoms with Gasteiger partial charge in [-0.1, -0.05) is 41.5 Å². The summed E-state index contributed by atoms with van der Waals surface area (Å²) in [4.78, 5) is 12.8. The van der Waals surface area contributed by atoms with Crippen LogP contribution in [0.2, 0.25) is 0 Å². The average Bonchev–Trinajstić information content (AvgIpc) is 1.99. The molecular formula is C11H20N4. The molecule has 1 heterocycles. The molecule has 15 heavy (non-hydrogen) atoms. The molecule has 0 bridgehead atoms. The van der Waals surface area contributed by atoms with Crippen LogP contribution in [0.15, 0.2) is 0 Å². The molecule has 0 aliphatic rings. The van der Waals surface area contributed by atoms with E-state index in [9.17, 15) is 0 Å². The van der Waals surface area contributed by atoms with E-state index in [-0.39, 0.29) is 10.8 Å². The van der Waals surface area contributed by atoms with Crippen LogP contribution < -0.4 is 5.73 Å². The zero-order valence-electron chi connectivity index (χ0n) is 10.4. The summed E-state index contributed by atoms with van der Waals surface area (Å²) in [6, 6.07) is 0. The minimum Gasteiger partial charge on any atom is -0.368 e. The fraction of sp³-hybridized carbons (Fsp3) is 0.727. The largest absolute Gasteiger partial charge is 0.368 e. The zero-order valence-corrected chi connectivity index (χ0v) is 10.4. The Labute approximate surface area is 91.3 Å². The second-order valence-corrected chi connectivity index (χ2v) is 5.84. The summed E-state index contributed by atoms with van der Waals surface area (Å²) in [6.45, 7) is 12.4. The predicted octanol–water partition coefficient (Wildman–Crippen LogP) is 2.05.